The molecule has 0 N–H and O–H groups in total. The molecular weight excluding hydrogens is 308 g/mol. The van der Waals surface area contributed by atoms with Crippen LogP contribution in [0.2, 0.25) is 0 Å². The number of aromatic nitrogens is 2. The summed E-state index contributed by atoms with van der Waals surface area (Å²) in [4.78, 5) is 15.1. The molecule has 3 aromatic rings. The van der Waals surface area contributed by atoms with Crippen LogP contribution in [-0.2, 0) is 11.3 Å². The maximum atomic E-state index is 11.0. The first kappa shape index (κ1) is 15.6. The highest BCUT2D eigenvalue weighted by molar-refractivity contribution is 5.82. The van der Waals surface area contributed by atoms with E-state index in [0.29, 0.717) is 30.1 Å². The summed E-state index contributed by atoms with van der Waals surface area (Å²) in [6, 6.07) is 13.8. The minimum absolute atomic E-state index is 0.00350. The molecule has 0 spiro atoms. The molecule has 2 aromatic carbocycles. The number of fused-ring (bicyclic) bond motifs is 1. The molecule has 1 heterocycles. The highest BCUT2D eigenvalue weighted by Crippen LogP contribution is 2.28. The number of ether oxygens (including phenoxy) is 1. The number of nitriles is 1. The van der Waals surface area contributed by atoms with E-state index < -0.39 is 4.92 Å². The van der Waals surface area contributed by atoms with Gasteiger partial charge < -0.3 is 9.30 Å². The Bertz CT molecular complexity index is 956. The minimum atomic E-state index is -0.441. The molecule has 0 saturated heterocycles. The Morgan fingerprint density at radius 1 is 1.33 bits per heavy atom. The molecule has 0 fully saturated rings. The number of benzene rings is 2. The zero-order chi connectivity index (χ0) is 17.1. The summed E-state index contributed by atoms with van der Waals surface area (Å²) < 4.78 is 7.10. The lowest BCUT2D eigenvalue weighted by Crippen LogP contribution is -2.06. The summed E-state index contributed by atoms with van der Waals surface area (Å²) in [5.41, 5.74) is 2.64. The Morgan fingerprint density at radius 2 is 2.17 bits per heavy atom. The van der Waals surface area contributed by atoms with Crippen LogP contribution < -0.4 is 0 Å². The highest BCUT2D eigenvalue weighted by Gasteiger charge is 2.16. The number of hydrogen-bond acceptors (Lipinski definition) is 5. The normalized spacial score (nSPS) is 10.7. The molecule has 0 aliphatic heterocycles. The zero-order valence-electron chi connectivity index (χ0n) is 13.0. The van der Waals surface area contributed by atoms with Crippen molar-refractivity contribution in [3.63, 3.8) is 0 Å². The van der Waals surface area contributed by atoms with Crippen LogP contribution in [0.25, 0.3) is 22.4 Å². The van der Waals surface area contributed by atoms with Crippen LogP contribution >= 0.6 is 0 Å². The van der Waals surface area contributed by atoms with E-state index in [1.54, 1.807) is 31.4 Å². The summed E-state index contributed by atoms with van der Waals surface area (Å²) in [5, 5.41) is 20.1. The van der Waals surface area contributed by atoms with Crippen LogP contribution in [0, 0.1) is 21.4 Å². The van der Waals surface area contributed by atoms with Crippen molar-refractivity contribution in [3.8, 4) is 17.5 Å². The maximum Gasteiger partial charge on any atom is 0.271 e. The number of nitro groups is 1. The summed E-state index contributed by atoms with van der Waals surface area (Å²) in [6.07, 6.45) is 0. The van der Waals surface area contributed by atoms with Crippen molar-refractivity contribution in [3.05, 3.63) is 58.1 Å². The first-order valence-corrected chi connectivity index (χ1v) is 7.28. The Hall–Kier alpha value is -3.24. The van der Waals surface area contributed by atoms with Gasteiger partial charge >= 0.3 is 0 Å². The first-order valence-electron chi connectivity index (χ1n) is 7.28. The Balaban J connectivity index is 2.20. The molecule has 0 saturated carbocycles. The van der Waals surface area contributed by atoms with E-state index >= 15 is 0 Å². The summed E-state index contributed by atoms with van der Waals surface area (Å²) in [6.45, 7) is 1.03. The number of non-ortho nitro benzene ring substituents is 1. The van der Waals surface area contributed by atoms with Gasteiger partial charge in [0.1, 0.15) is 5.82 Å². The number of nitrogens with zero attached hydrogens (tertiary/aromatic N) is 4. The van der Waals surface area contributed by atoms with Crippen LogP contribution in [0.15, 0.2) is 42.5 Å². The number of rotatable bonds is 5. The predicted molar refractivity (Wildman–Crippen MR) is 88.4 cm³/mol. The molecule has 0 atom stereocenters. The van der Waals surface area contributed by atoms with Crippen molar-refractivity contribution in [1.29, 1.82) is 5.26 Å². The standard InChI is InChI=1S/C17H14N4O3/c1-24-8-7-20-16-6-5-14(21(22)23)10-15(16)19-17(20)13-4-2-3-12(9-13)11-18/h2-6,9-10H,7-8H2,1H3. The first-order chi connectivity index (χ1) is 11.6. The third-order valence-corrected chi connectivity index (χ3v) is 3.71. The molecule has 3 rings (SSSR count). The van der Waals surface area contributed by atoms with E-state index in [0.717, 1.165) is 11.1 Å². The quantitative estimate of drug-likeness (QED) is 0.531. The second kappa shape index (κ2) is 6.48. The molecule has 7 heteroatoms. The Labute approximate surface area is 137 Å². The van der Waals surface area contributed by atoms with Crippen LogP contribution in [0.3, 0.4) is 0 Å². The van der Waals surface area contributed by atoms with Gasteiger partial charge in [0.15, 0.2) is 0 Å². The molecule has 0 amide bonds. The van der Waals surface area contributed by atoms with Crippen molar-refractivity contribution >= 4 is 16.7 Å². The number of methoxy groups -OCH3 is 1. The van der Waals surface area contributed by atoms with Gasteiger partial charge in [0, 0.05) is 31.4 Å². The monoisotopic (exact) mass is 322 g/mol. The van der Waals surface area contributed by atoms with Gasteiger partial charge in [-0.3, -0.25) is 10.1 Å². The molecule has 0 bridgehead atoms. The summed E-state index contributed by atoms with van der Waals surface area (Å²) >= 11 is 0. The fourth-order valence-electron chi connectivity index (χ4n) is 2.59. The van der Waals surface area contributed by atoms with Gasteiger partial charge in [-0.25, -0.2) is 4.98 Å². The van der Waals surface area contributed by atoms with Crippen molar-refractivity contribution in [1.82, 2.24) is 9.55 Å². The molecule has 1 aromatic heterocycles. The van der Waals surface area contributed by atoms with Crippen LogP contribution in [0.4, 0.5) is 5.69 Å². The van der Waals surface area contributed by atoms with E-state index in [9.17, 15) is 10.1 Å². The average molecular weight is 322 g/mol. The van der Waals surface area contributed by atoms with E-state index in [-0.39, 0.29) is 5.69 Å². The predicted octanol–water partition coefficient (Wildman–Crippen LogP) is 3.13. The largest absolute Gasteiger partial charge is 0.383 e. The van der Waals surface area contributed by atoms with Gasteiger partial charge in [0.25, 0.3) is 5.69 Å². The smallest absolute Gasteiger partial charge is 0.271 e. The molecule has 0 aliphatic carbocycles. The average Bonchev–Trinajstić information content (AvgIpc) is 2.97. The van der Waals surface area contributed by atoms with Gasteiger partial charge in [-0.05, 0) is 18.2 Å². The van der Waals surface area contributed by atoms with E-state index in [1.807, 2.05) is 10.6 Å². The second-order valence-corrected chi connectivity index (χ2v) is 5.20. The highest BCUT2D eigenvalue weighted by atomic mass is 16.6. The molecule has 0 unspecified atom stereocenters. The number of hydrogen-bond donors (Lipinski definition) is 0. The molecule has 120 valence electrons. The third kappa shape index (κ3) is 2.83. The molecule has 0 aliphatic rings. The van der Waals surface area contributed by atoms with Gasteiger partial charge in [-0.1, -0.05) is 12.1 Å². The van der Waals surface area contributed by atoms with Crippen molar-refractivity contribution in [2.24, 2.45) is 0 Å². The van der Waals surface area contributed by atoms with Gasteiger partial charge in [-0.15, -0.1) is 0 Å². The van der Waals surface area contributed by atoms with Gasteiger partial charge in [-0.2, -0.15) is 5.26 Å². The van der Waals surface area contributed by atoms with E-state index in [4.69, 9.17) is 10.00 Å². The van der Waals surface area contributed by atoms with E-state index in [1.165, 1.54) is 12.1 Å². The minimum Gasteiger partial charge on any atom is -0.383 e. The van der Waals surface area contributed by atoms with Crippen molar-refractivity contribution < 1.29 is 9.66 Å². The second-order valence-electron chi connectivity index (χ2n) is 5.20. The number of nitro benzene ring substituents is 1. The van der Waals surface area contributed by atoms with Crippen LogP contribution in [0.1, 0.15) is 5.56 Å². The lowest BCUT2D eigenvalue weighted by atomic mass is 10.1. The van der Waals surface area contributed by atoms with Crippen LogP contribution in [-0.4, -0.2) is 28.2 Å². The topological polar surface area (TPSA) is 94.0 Å². The fourth-order valence-corrected chi connectivity index (χ4v) is 2.59. The maximum absolute atomic E-state index is 11.0. The molecular formula is C17H14N4O3. The lowest BCUT2D eigenvalue weighted by molar-refractivity contribution is -0.384. The molecule has 24 heavy (non-hydrogen) atoms. The molecule has 7 nitrogen and oxygen atoms in total. The fraction of sp³-hybridized carbons (Fsp3) is 0.176. The Kier molecular flexibility index (Phi) is 4.22. The number of imidazole rings is 1. The van der Waals surface area contributed by atoms with Crippen LogP contribution in [0.5, 0.6) is 0 Å². The van der Waals surface area contributed by atoms with Gasteiger partial charge in [0.05, 0.1) is 34.2 Å². The van der Waals surface area contributed by atoms with Crippen molar-refractivity contribution in [2.45, 2.75) is 6.54 Å². The third-order valence-electron chi connectivity index (χ3n) is 3.71. The zero-order valence-corrected chi connectivity index (χ0v) is 13.0. The summed E-state index contributed by atoms with van der Waals surface area (Å²) in [5.74, 6) is 0.652. The Morgan fingerprint density at radius 3 is 2.88 bits per heavy atom. The van der Waals surface area contributed by atoms with E-state index in [2.05, 4.69) is 11.1 Å². The molecule has 0 radical (unpaired) electrons. The van der Waals surface area contributed by atoms with Crippen molar-refractivity contribution in [2.75, 3.05) is 13.7 Å². The lowest BCUT2D eigenvalue weighted by Gasteiger charge is -2.09. The van der Waals surface area contributed by atoms with Gasteiger partial charge in [0.2, 0.25) is 0 Å². The SMILES string of the molecule is COCCn1c(-c2cccc(C#N)c2)nc2cc([N+](=O)[O-])ccc21. The summed E-state index contributed by atoms with van der Waals surface area (Å²) in [7, 11) is 1.61.